The molecule has 1 aromatic carbocycles. The lowest BCUT2D eigenvalue weighted by Crippen LogP contribution is -2.20. The number of halogens is 1. The van der Waals surface area contributed by atoms with Gasteiger partial charge in [0.05, 0.1) is 0 Å². The number of hydrogen-bond donors (Lipinski definition) is 2. The van der Waals surface area contributed by atoms with Crippen molar-refractivity contribution in [2.45, 2.75) is 0 Å². The molecule has 1 aromatic rings. The van der Waals surface area contributed by atoms with Crippen LogP contribution in [0.3, 0.4) is 0 Å². The van der Waals surface area contributed by atoms with Gasteiger partial charge in [-0.3, -0.25) is 0 Å². The van der Waals surface area contributed by atoms with E-state index in [4.69, 9.17) is 15.7 Å². The van der Waals surface area contributed by atoms with Crippen LogP contribution in [0.1, 0.15) is 0 Å². The zero-order valence-electron chi connectivity index (χ0n) is 6.77. The third kappa shape index (κ3) is 2.98. The van der Waals surface area contributed by atoms with Gasteiger partial charge in [0.2, 0.25) is 0 Å². The van der Waals surface area contributed by atoms with Crippen LogP contribution in [0.4, 0.5) is 4.39 Å². The van der Waals surface area contributed by atoms with Gasteiger partial charge in [0, 0.05) is 6.07 Å². The number of oxime groups is 1. The minimum absolute atomic E-state index is 0.0655. The van der Waals surface area contributed by atoms with Crippen LogP contribution in [0.25, 0.3) is 0 Å². The molecular weight excluding hydrogens is 175 g/mol. The Hall–Kier alpha value is -1.78. The first-order chi connectivity index (χ1) is 6.22. The lowest BCUT2D eigenvalue weighted by Gasteiger charge is -2.03. The van der Waals surface area contributed by atoms with Gasteiger partial charge in [0.25, 0.3) is 0 Å². The summed E-state index contributed by atoms with van der Waals surface area (Å²) in [5.41, 5.74) is 5.14. The highest BCUT2D eigenvalue weighted by Crippen LogP contribution is 2.11. The maximum Gasteiger partial charge on any atom is 0.177 e. The summed E-state index contributed by atoms with van der Waals surface area (Å²) in [6, 6.07) is 5.60. The lowest BCUT2D eigenvalue weighted by atomic mass is 10.3. The molecule has 1 rings (SSSR count). The van der Waals surface area contributed by atoms with E-state index in [9.17, 15) is 4.39 Å². The summed E-state index contributed by atoms with van der Waals surface area (Å²) in [7, 11) is 0. The highest BCUT2D eigenvalue weighted by Gasteiger charge is 1.97. The van der Waals surface area contributed by atoms with Gasteiger partial charge in [-0.1, -0.05) is 11.2 Å². The quantitative estimate of drug-likeness (QED) is 0.318. The van der Waals surface area contributed by atoms with Gasteiger partial charge in [-0.25, -0.2) is 4.39 Å². The van der Waals surface area contributed by atoms with Gasteiger partial charge in [0.15, 0.2) is 5.84 Å². The Morgan fingerprint density at radius 1 is 1.62 bits per heavy atom. The van der Waals surface area contributed by atoms with Gasteiger partial charge in [-0.15, -0.1) is 0 Å². The fraction of sp³-hybridized carbons (Fsp3) is 0.125. The van der Waals surface area contributed by atoms with Crippen molar-refractivity contribution in [1.82, 2.24) is 0 Å². The van der Waals surface area contributed by atoms with Crippen molar-refractivity contribution < 1.29 is 14.3 Å². The Balaban J connectivity index is 2.55. The third-order valence-corrected chi connectivity index (χ3v) is 1.31. The van der Waals surface area contributed by atoms with Crippen molar-refractivity contribution in [3.8, 4) is 5.75 Å². The molecule has 0 fully saturated rings. The van der Waals surface area contributed by atoms with Crippen molar-refractivity contribution >= 4 is 5.84 Å². The summed E-state index contributed by atoms with van der Waals surface area (Å²) in [6.45, 7) is -0.0695. The number of rotatable bonds is 3. The number of hydrogen-bond acceptors (Lipinski definition) is 3. The van der Waals surface area contributed by atoms with Crippen molar-refractivity contribution in [1.29, 1.82) is 0 Å². The van der Waals surface area contributed by atoms with Crippen LogP contribution in [0.2, 0.25) is 0 Å². The first kappa shape index (κ1) is 9.31. The fourth-order valence-corrected chi connectivity index (χ4v) is 0.743. The zero-order valence-corrected chi connectivity index (χ0v) is 6.77. The molecule has 0 saturated heterocycles. The van der Waals surface area contributed by atoms with E-state index in [1.165, 1.54) is 18.2 Å². The third-order valence-electron chi connectivity index (χ3n) is 1.31. The molecule has 0 aliphatic carbocycles. The molecule has 5 heteroatoms. The van der Waals surface area contributed by atoms with Gasteiger partial charge in [-0.05, 0) is 12.1 Å². The summed E-state index contributed by atoms with van der Waals surface area (Å²) in [6.07, 6.45) is 0. The van der Waals surface area contributed by atoms with E-state index in [0.29, 0.717) is 5.75 Å². The topological polar surface area (TPSA) is 67.8 Å². The molecule has 3 N–H and O–H groups in total. The minimum Gasteiger partial charge on any atom is -0.485 e. The predicted octanol–water partition coefficient (Wildman–Crippen LogP) is 0.951. The van der Waals surface area contributed by atoms with Crippen LogP contribution in [0, 0.1) is 5.82 Å². The van der Waals surface area contributed by atoms with E-state index in [2.05, 4.69) is 5.16 Å². The zero-order chi connectivity index (χ0) is 9.68. The first-order valence-electron chi connectivity index (χ1n) is 3.57. The average molecular weight is 184 g/mol. The second-order valence-electron chi connectivity index (χ2n) is 2.34. The molecule has 0 saturated carbocycles. The Morgan fingerprint density at radius 3 is 3.00 bits per heavy atom. The highest BCUT2D eigenvalue weighted by atomic mass is 19.1. The molecule has 0 aliphatic heterocycles. The number of amidine groups is 1. The summed E-state index contributed by atoms with van der Waals surface area (Å²) in [5, 5.41) is 10.9. The molecule has 0 aromatic heterocycles. The van der Waals surface area contributed by atoms with Gasteiger partial charge >= 0.3 is 0 Å². The summed E-state index contributed by atoms with van der Waals surface area (Å²) >= 11 is 0. The van der Waals surface area contributed by atoms with Crippen LogP contribution in [-0.2, 0) is 0 Å². The Morgan fingerprint density at radius 2 is 2.38 bits per heavy atom. The van der Waals surface area contributed by atoms with Crippen molar-refractivity contribution in [2.75, 3.05) is 6.61 Å². The van der Waals surface area contributed by atoms with E-state index >= 15 is 0 Å². The molecule has 0 spiro atoms. The first-order valence-corrected chi connectivity index (χ1v) is 3.57. The van der Waals surface area contributed by atoms with Gasteiger partial charge < -0.3 is 15.7 Å². The van der Waals surface area contributed by atoms with Crippen LogP contribution in [-0.4, -0.2) is 17.6 Å². The number of benzene rings is 1. The smallest absolute Gasteiger partial charge is 0.177 e. The molecule has 0 unspecified atom stereocenters. The highest BCUT2D eigenvalue weighted by molar-refractivity contribution is 5.81. The molecular formula is C8H9FN2O2. The van der Waals surface area contributed by atoms with E-state index in [0.717, 1.165) is 0 Å². The van der Waals surface area contributed by atoms with Crippen molar-refractivity contribution in [3.63, 3.8) is 0 Å². The Bertz CT molecular complexity index is 315. The van der Waals surface area contributed by atoms with Crippen molar-refractivity contribution in [2.24, 2.45) is 10.9 Å². The number of ether oxygens (including phenoxy) is 1. The van der Waals surface area contributed by atoms with E-state index in [1.807, 2.05) is 0 Å². The maximum absolute atomic E-state index is 12.6. The van der Waals surface area contributed by atoms with Crippen LogP contribution >= 0.6 is 0 Å². The minimum atomic E-state index is -0.392. The van der Waals surface area contributed by atoms with Crippen LogP contribution < -0.4 is 10.5 Å². The average Bonchev–Trinajstić information content (AvgIpc) is 2.14. The molecule has 70 valence electrons. The largest absolute Gasteiger partial charge is 0.485 e. The van der Waals surface area contributed by atoms with Gasteiger partial charge in [-0.2, -0.15) is 0 Å². The fourth-order valence-electron chi connectivity index (χ4n) is 0.743. The van der Waals surface area contributed by atoms with Crippen molar-refractivity contribution in [3.05, 3.63) is 30.1 Å². The van der Waals surface area contributed by atoms with E-state index < -0.39 is 5.82 Å². The SMILES string of the molecule is NC(COc1cccc(F)c1)=NO. The van der Waals surface area contributed by atoms with Crippen LogP contribution in [0.5, 0.6) is 5.75 Å². The summed E-state index contributed by atoms with van der Waals surface area (Å²) in [4.78, 5) is 0. The Labute approximate surface area is 74.4 Å². The van der Waals surface area contributed by atoms with Crippen LogP contribution in [0.15, 0.2) is 29.4 Å². The summed E-state index contributed by atoms with van der Waals surface area (Å²) in [5.74, 6) is -0.118. The van der Waals surface area contributed by atoms with Gasteiger partial charge in [0.1, 0.15) is 18.2 Å². The standard InChI is InChI=1S/C8H9FN2O2/c9-6-2-1-3-7(4-6)13-5-8(10)11-12/h1-4,12H,5H2,(H2,10,11). The number of nitrogens with zero attached hydrogens (tertiary/aromatic N) is 1. The molecule has 13 heavy (non-hydrogen) atoms. The molecule has 0 amide bonds. The molecule has 0 atom stereocenters. The number of nitrogens with two attached hydrogens (primary N) is 1. The molecule has 0 heterocycles. The lowest BCUT2D eigenvalue weighted by molar-refractivity contribution is 0.306. The summed E-state index contributed by atoms with van der Waals surface area (Å²) < 4.78 is 17.6. The monoisotopic (exact) mass is 184 g/mol. The second-order valence-corrected chi connectivity index (χ2v) is 2.34. The molecule has 0 radical (unpaired) electrons. The maximum atomic E-state index is 12.6. The molecule has 4 nitrogen and oxygen atoms in total. The second kappa shape index (κ2) is 4.30. The molecule has 0 aliphatic rings. The predicted molar refractivity (Wildman–Crippen MR) is 45.3 cm³/mol. The Kier molecular flexibility index (Phi) is 3.08. The normalized spacial score (nSPS) is 11.3. The van der Waals surface area contributed by atoms with E-state index in [-0.39, 0.29) is 12.4 Å². The van der Waals surface area contributed by atoms with E-state index in [1.54, 1.807) is 6.07 Å². The molecule has 0 bridgehead atoms.